The number of amides is 1. The van der Waals surface area contributed by atoms with Crippen molar-refractivity contribution in [3.63, 3.8) is 0 Å². The van der Waals surface area contributed by atoms with Crippen molar-refractivity contribution in [3.05, 3.63) is 82.7 Å². The summed E-state index contributed by atoms with van der Waals surface area (Å²) in [4.78, 5) is 20.2. The molecule has 192 valence electrons. The van der Waals surface area contributed by atoms with Gasteiger partial charge in [-0.3, -0.25) is 9.69 Å². The predicted molar refractivity (Wildman–Crippen MR) is 147 cm³/mol. The van der Waals surface area contributed by atoms with Crippen LogP contribution in [0.2, 0.25) is 0 Å². The molecule has 1 heterocycles. The van der Waals surface area contributed by atoms with E-state index in [9.17, 15) is 4.79 Å². The molecule has 0 aliphatic carbocycles. The van der Waals surface area contributed by atoms with Crippen LogP contribution in [0.4, 0.5) is 5.13 Å². The Morgan fingerprint density at radius 3 is 2.22 bits per heavy atom. The van der Waals surface area contributed by atoms with Gasteiger partial charge in [0.25, 0.3) is 5.91 Å². The maximum absolute atomic E-state index is 13.7. The lowest BCUT2D eigenvalue weighted by Crippen LogP contribution is -2.33. The molecule has 0 bridgehead atoms. The van der Waals surface area contributed by atoms with Crippen molar-refractivity contribution in [2.24, 2.45) is 0 Å². The van der Waals surface area contributed by atoms with E-state index in [2.05, 4.69) is 0 Å². The van der Waals surface area contributed by atoms with Gasteiger partial charge in [-0.25, -0.2) is 4.98 Å². The number of anilines is 1. The molecule has 7 nitrogen and oxygen atoms in total. The van der Waals surface area contributed by atoms with Crippen molar-refractivity contribution >= 4 is 22.4 Å². The molecule has 3 aromatic carbocycles. The molecule has 37 heavy (non-hydrogen) atoms. The summed E-state index contributed by atoms with van der Waals surface area (Å²) in [6.07, 6.45) is 0.606. The first-order chi connectivity index (χ1) is 18.0. The summed E-state index contributed by atoms with van der Waals surface area (Å²) in [7, 11) is 6.46. The highest BCUT2D eigenvalue weighted by Crippen LogP contribution is 2.36. The molecule has 0 saturated heterocycles. The number of nitrogens with zero attached hydrogens (tertiary/aromatic N) is 2. The van der Waals surface area contributed by atoms with Gasteiger partial charge in [0.15, 0.2) is 16.6 Å². The second-order valence-corrected chi connectivity index (χ2v) is 9.18. The van der Waals surface area contributed by atoms with Crippen LogP contribution in [0.25, 0.3) is 11.3 Å². The van der Waals surface area contributed by atoms with E-state index in [1.807, 2.05) is 73.0 Å². The topological polar surface area (TPSA) is 70.1 Å². The molecule has 0 spiro atoms. The highest BCUT2D eigenvalue weighted by Gasteiger charge is 2.22. The summed E-state index contributed by atoms with van der Waals surface area (Å²) < 4.78 is 21.8. The van der Waals surface area contributed by atoms with Crippen LogP contribution in [-0.2, 0) is 6.42 Å². The summed E-state index contributed by atoms with van der Waals surface area (Å²) in [5.41, 5.74) is 4.23. The lowest BCUT2D eigenvalue weighted by atomic mass is 10.1. The molecule has 0 N–H and O–H groups in total. The minimum atomic E-state index is -0.112. The van der Waals surface area contributed by atoms with Crippen LogP contribution in [0, 0.1) is 6.92 Å². The first kappa shape index (κ1) is 26.0. The summed E-state index contributed by atoms with van der Waals surface area (Å²) in [6.45, 7) is 2.43. The molecule has 1 amide bonds. The van der Waals surface area contributed by atoms with Crippen molar-refractivity contribution in [1.82, 2.24) is 4.98 Å². The van der Waals surface area contributed by atoms with Gasteiger partial charge in [0.1, 0.15) is 11.5 Å². The largest absolute Gasteiger partial charge is 0.497 e. The van der Waals surface area contributed by atoms with Crippen molar-refractivity contribution in [1.29, 1.82) is 0 Å². The van der Waals surface area contributed by atoms with Gasteiger partial charge in [0, 0.05) is 23.1 Å². The SMILES string of the molecule is COc1ccc(OC)c(-c2csc(N(CCc3ccc(OC)c(OC)c3)C(=O)c3ccc(C)cc3)n2)c1. The van der Waals surface area contributed by atoms with Crippen molar-refractivity contribution < 1.29 is 23.7 Å². The monoisotopic (exact) mass is 518 g/mol. The number of hydrogen-bond donors (Lipinski definition) is 0. The number of rotatable bonds is 10. The number of benzene rings is 3. The van der Waals surface area contributed by atoms with E-state index in [1.165, 1.54) is 11.3 Å². The van der Waals surface area contributed by atoms with E-state index in [0.29, 0.717) is 52.4 Å². The highest BCUT2D eigenvalue weighted by atomic mass is 32.1. The second kappa shape index (κ2) is 11.8. The Morgan fingerprint density at radius 1 is 0.838 bits per heavy atom. The van der Waals surface area contributed by atoms with Crippen molar-refractivity contribution in [2.75, 3.05) is 39.9 Å². The van der Waals surface area contributed by atoms with Gasteiger partial charge in [-0.15, -0.1) is 11.3 Å². The van der Waals surface area contributed by atoms with Crippen LogP contribution in [0.5, 0.6) is 23.0 Å². The van der Waals surface area contributed by atoms with Crippen LogP contribution >= 0.6 is 11.3 Å². The average Bonchev–Trinajstić information content (AvgIpc) is 3.42. The summed E-state index contributed by atoms with van der Waals surface area (Å²) in [5, 5.41) is 2.53. The predicted octanol–water partition coefficient (Wildman–Crippen LogP) is 6.04. The molecular weight excluding hydrogens is 488 g/mol. The fourth-order valence-corrected chi connectivity index (χ4v) is 4.79. The lowest BCUT2D eigenvalue weighted by molar-refractivity contribution is 0.0987. The van der Waals surface area contributed by atoms with Gasteiger partial charge in [0.05, 0.1) is 34.1 Å². The zero-order valence-corrected chi connectivity index (χ0v) is 22.4. The third-order valence-corrected chi connectivity index (χ3v) is 6.88. The maximum Gasteiger partial charge on any atom is 0.260 e. The lowest BCUT2D eigenvalue weighted by Gasteiger charge is -2.20. The van der Waals surface area contributed by atoms with E-state index >= 15 is 0 Å². The third kappa shape index (κ3) is 5.86. The number of thiazole rings is 1. The van der Waals surface area contributed by atoms with Gasteiger partial charge in [0.2, 0.25) is 0 Å². The normalized spacial score (nSPS) is 10.6. The van der Waals surface area contributed by atoms with Gasteiger partial charge >= 0.3 is 0 Å². The fourth-order valence-electron chi connectivity index (χ4n) is 3.94. The zero-order valence-electron chi connectivity index (χ0n) is 21.6. The molecule has 1 aromatic heterocycles. The van der Waals surface area contributed by atoms with Crippen molar-refractivity contribution in [2.45, 2.75) is 13.3 Å². The molecule has 0 atom stereocenters. The first-order valence-electron chi connectivity index (χ1n) is 11.7. The van der Waals surface area contributed by atoms with Crippen LogP contribution in [0.15, 0.2) is 66.0 Å². The molecule has 0 unspecified atom stereocenters. The Hall–Kier alpha value is -4.04. The molecular formula is C29H30N2O5S. The van der Waals surface area contributed by atoms with Gasteiger partial charge in [-0.05, 0) is 61.4 Å². The summed E-state index contributed by atoms with van der Waals surface area (Å²) >= 11 is 1.41. The maximum atomic E-state index is 13.7. The van der Waals surface area contributed by atoms with Gasteiger partial charge < -0.3 is 18.9 Å². The molecule has 0 fully saturated rings. The van der Waals surface area contributed by atoms with Crippen molar-refractivity contribution in [3.8, 4) is 34.3 Å². The molecule has 4 rings (SSSR count). The summed E-state index contributed by atoms with van der Waals surface area (Å²) in [5.74, 6) is 2.58. The van der Waals surface area contributed by atoms with Crippen LogP contribution in [0.3, 0.4) is 0 Å². The standard InChI is InChI=1S/C29H30N2O5S/c1-19-6-9-21(10-7-19)28(32)31(15-14-20-8-12-26(35-4)27(16-20)36-5)29-30-24(18-37-29)23-17-22(33-2)11-13-25(23)34-3/h6-13,16-18H,14-15H2,1-5H3. The first-order valence-corrected chi connectivity index (χ1v) is 12.6. The van der Waals surface area contributed by atoms with E-state index in [4.69, 9.17) is 23.9 Å². The molecule has 8 heteroatoms. The number of methoxy groups -OCH3 is 4. The number of aryl methyl sites for hydroxylation is 1. The quantitative estimate of drug-likeness (QED) is 0.255. The minimum Gasteiger partial charge on any atom is -0.497 e. The van der Waals surface area contributed by atoms with E-state index < -0.39 is 0 Å². The van der Waals surface area contributed by atoms with E-state index in [0.717, 1.165) is 16.7 Å². The Bertz CT molecular complexity index is 1370. The van der Waals surface area contributed by atoms with Crippen LogP contribution < -0.4 is 23.8 Å². The van der Waals surface area contributed by atoms with Gasteiger partial charge in [-0.1, -0.05) is 23.8 Å². The average molecular weight is 519 g/mol. The highest BCUT2D eigenvalue weighted by molar-refractivity contribution is 7.14. The molecule has 0 saturated carbocycles. The van der Waals surface area contributed by atoms with E-state index in [1.54, 1.807) is 33.3 Å². The zero-order chi connectivity index (χ0) is 26.4. The molecule has 0 radical (unpaired) electrons. The van der Waals surface area contributed by atoms with Crippen LogP contribution in [-0.4, -0.2) is 45.9 Å². The third-order valence-electron chi connectivity index (χ3n) is 6.02. The van der Waals surface area contributed by atoms with E-state index in [-0.39, 0.29) is 5.91 Å². The Kier molecular flexibility index (Phi) is 8.30. The number of aromatic nitrogens is 1. The van der Waals surface area contributed by atoms with Crippen LogP contribution in [0.1, 0.15) is 21.5 Å². The Morgan fingerprint density at radius 2 is 1.54 bits per heavy atom. The molecule has 0 aliphatic rings. The number of ether oxygens (including phenoxy) is 4. The Labute approximate surface area is 221 Å². The molecule has 4 aromatic rings. The minimum absolute atomic E-state index is 0.112. The number of carbonyl (C=O) groups is 1. The number of carbonyl (C=O) groups excluding carboxylic acids is 1. The smallest absolute Gasteiger partial charge is 0.260 e. The second-order valence-electron chi connectivity index (χ2n) is 8.34. The number of hydrogen-bond acceptors (Lipinski definition) is 7. The fraction of sp³-hybridized carbons (Fsp3) is 0.241. The Balaban J connectivity index is 1.68. The van der Waals surface area contributed by atoms with Gasteiger partial charge in [-0.2, -0.15) is 0 Å². The molecule has 0 aliphatic heterocycles. The summed E-state index contributed by atoms with van der Waals surface area (Å²) in [6, 6.07) is 18.9.